The Bertz CT molecular complexity index is 599. The van der Waals surface area contributed by atoms with Gasteiger partial charge in [-0.2, -0.15) is 4.98 Å². The van der Waals surface area contributed by atoms with Crippen LogP contribution in [0.25, 0.3) is 0 Å². The predicted octanol–water partition coefficient (Wildman–Crippen LogP) is -0.944. The lowest BCUT2D eigenvalue weighted by atomic mass is 10.1. The van der Waals surface area contributed by atoms with E-state index in [2.05, 4.69) is 9.97 Å². The van der Waals surface area contributed by atoms with Crippen LogP contribution < -0.4 is 10.6 Å². The van der Waals surface area contributed by atoms with Crippen LogP contribution >= 0.6 is 0 Å². The summed E-state index contributed by atoms with van der Waals surface area (Å²) in [5, 5.41) is 10.1. The Hall–Kier alpha value is -1.45. The van der Waals surface area contributed by atoms with Gasteiger partial charge in [0, 0.05) is 44.9 Å². The molecule has 0 aromatic carbocycles. The summed E-state index contributed by atoms with van der Waals surface area (Å²) >= 11 is 0. The summed E-state index contributed by atoms with van der Waals surface area (Å²) in [4.78, 5) is 9.98. The van der Waals surface area contributed by atoms with Crippen molar-refractivity contribution in [2.75, 3.05) is 43.6 Å². The standard InChI is InChI=1S/C12H21N5O3S/c1-8-4-11(15-12(13)14-8)17-5-9(10(18)6-17)7-21(19,20)16(2)3/h4,9-10,18H,5-7H2,1-3H3,(H2,13,14,15)/t9-,10-/m0/s1. The van der Waals surface area contributed by atoms with Crippen LogP contribution in [0.3, 0.4) is 0 Å². The average molecular weight is 315 g/mol. The van der Waals surface area contributed by atoms with E-state index in [-0.39, 0.29) is 17.6 Å². The first kappa shape index (κ1) is 15.9. The topological polar surface area (TPSA) is 113 Å². The fourth-order valence-corrected chi connectivity index (χ4v) is 3.53. The van der Waals surface area contributed by atoms with Crippen LogP contribution in [0.2, 0.25) is 0 Å². The van der Waals surface area contributed by atoms with Crippen LogP contribution in [0.5, 0.6) is 0 Å². The highest BCUT2D eigenvalue weighted by Crippen LogP contribution is 2.25. The Morgan fingerprint density at radius 1 is 1.43 bits per heavy atom. The van der Waals surface area contributed by atoms with Gasteiger partial charge >= 0.3 is 0 Å². The minimum absolute atomic E-state index is 0.0861. The van der Waals surface area contributed by atoms with E-state index in [1.54, 1.807) is 6.07 Å². The molecular formula is C12H21N5O3S. The highest BCUT2D eigenvalue weighted by molar-refractivity contribution is 7.89. The number of nitrogens with two attached hydrogens (primary N) is 1. The van der Waals surface area contributed by atoms with Crippen LogP contribution in [0.15, 0.2) is 6.07 Å². The van der Waals surface area contributed by atoms with Crippen molar-refractivity contribution in [1.82, 2.24) is 14.3 Å². The van der Waals surface area contributed by atoms with E-state index in [4.69, 9.17) is 5.73 Å². The van der Waals surface area contributed by atoms with E-state index in [0.717, 1.165) is 5.69 Å². The summed E-state index contributed by atoms with van der Waals surface area (Å²) < 4.78 is 25.0. The molecule has 1 aromatic heterocycles. The molecule has 118 valence electrons. The van der Waals surface area contributed by atoms with Gasteiger partial charge < -0.3 is 15.7 Å². The van der Waals surface area contributed by atoms with Gasteiger partial charge in [0.1, 0.15) is 5.82 Å². The zero-order valence-corrected chi connectivity index (χ0v) is 13.2. The molecule has 0 saturated carbocycles. The number of aromatic nitrogens is 2. The molecule has 2 heterocycles. The van der Waals surface area contributed by atoms with Gasteiger partial charge in [0.15, 0.2) is 0 Å². The quantitative estimate of drug-likeness (QED) is 0.737. The molecule has 8 nitrogen and oxygen atoms in total. The maximum Gasteiger partial charge on any atom is 0.222 e. The van der Waals surface area contributed by atoms with Crippen molar-refractivity contribution in [3.8, 4) is 0 Å². The van der Waals surface area contributed by atoms with Crippen molar-refractivity contribution < 1.29 is 13.5 Å². The third kappa shape index (κ3) is 3.60. The third-order valence-electron chi connectivity index (χ3n) is 3.57. The molecule has 2 atom stereocenters. The molecule has 1 fully saturated rings. The Kier molecular flexibility index (Phi) is 4.35. The fraction of sp³-hybridized carbons (Fsp3) is 0.667. The van der Waals surface area contributed by atoms with Gasteiger partial charge in [-0.1, -0.05) is 0 Å². The lowest BCUT2D eigenvalue weighted by Gasteiger charge is -2.18. The molecule has 0 bridgehead atoms. The number of nitrogens with zero attached hydrogens (tertiary/aromatic N) is 4. The Morgan fingerprint density at radius 3 is 2.67 bits per heavy atom. The van der Waals surface area contributed by atoms with E-state index in [1.165, 1.54) is 18.4 Å². The second-order valence-corrected chi connectivity index (χ2v) is 7.75. The second kappa shape index (κ2) is 5.74. The molecule has 0 amide bonds. The van der Waals surface area contributed by atoms with Crippen molar-refractivity contribution in [3.05, 3.63) is 11.8 Å². The number of β-amino-alcohol motifs (C(OH)–C–C–N with tert-alkyl or cyclic N) is 1. The van der Waals surface area contributed by atoms with E-state index < -0.39 is 16.1 Å². The van der Waals surface area contributed by atoms with Gasteiger partial charge in [0.25, 0.3) is 0 Å². The molecule has 0 unspecified atom stereocenters. The first-order chi connectivity index (χ1) is 9.69. The molecule has 1 aliphatic heterocycles. The van der Waals surface area contributed by atoms with Crippen molar-refractivity contribution in [2.45, 2.75) is 13.0 Å². The summed E-state index contributed by atoms with van der Waals surface area (Å²) in [6.45, 7) is 2.57. The minimum Gasteiger partial charge on any atom is -0.391 e. The number of rotatable bonds is 4. The normalized spacial score (nSPS) is 23.0. The molecule has 1 aromatic rings. The van der Waals surface area contributed by atoms with Crippen molar-refractivity contribution in [1.29, 1.82) is 0 Å². The van der Waals surface area contributed by atoms with Crippen LogP contribution in [-0.2, 0) is 10.0 Å². The van der Waals surface area contributed by atoms with E-state index in [1.807, 2.05) is 11.8 Å². The lowest BCUT2D eigenvalue weighted by Crippen LogP contribution is -2.33. The molecular weight excluding hydrogens is 294 g/mol. The highest BCUT2D eigenvalue weighted by Gasteiger charge is 2.36. The van der Waals surface area contributed by atoms with Gasteiger partial charge in [-0.3, -0.25) is 0 Å². The maximum absolute atomic E-state index is 11.9. The smallest absolute Gasteiger partial charge is 0.222 e. The molecule has 21 heavy (non-hydrogen) atoms. The number of anilines is 2. The molecule has 9 heteroatoms. The number of nitrogen functional groups attached to an aromatic ring is 1. The van der Waals surface area contributed by atoms with Crippen LogP contribution in [-0.4, -0.2) is 66.8 Å². The summed E-state index contributed by atoms with van der Waals surface area (Å²) in [5.41, 5.74) is 6.36. The lowest BCUT2D eigenvalue weighted by molar-refractivity contribution is 0.157. The van der Waals surface area contributed by atoms with Crippen molar-refractivity contribution in [3.63, 3.8) is 0 Å². The zero-order chi connectivity index (χ0) is 15.8. The minimum atomic E-state index is -3.35. The fourth-order valence-electron chi connectivity index (χ4n) is 2.36. The van der Waals surface area contributed by atoms with E-state index >= 15 is 0 Å². The van der Waals surface area contributed by atoms with E-state index in [9.17, 15) is 13.5 Å². The molecule has 1 aliphatic rings. The monoisotopic (exact) mass is 315 g/mol. The largest absolute Gasteiger partial charge is 0.391 e. The highest BCUT2D eigenvalue weighted by atomic mass is 32.2. The SMILES string of the molecule is Cc1cc(N2C[C@@H](CS(=O)(=O)N(C)C)[C@@H](O)C2)nc(N)n1. The first-order valence-electron chi connectivity index (χ1n) is 6.63. The summed E-state index contributed by atoms with van der Waals surface area (Å²) in [6.07, 6.45) is -0.712. The van der Waals surface area contributed by atoms with Gasteiger partial charge in [-0.15, -0.1) is 0 Å². The summed E-state index contributed by atoms with van der Waals surface area (Å²) in [7, 11) is -0.369. The molecule has 1 saturated heterocycles. The molecule has 3 N–H and O–H groups in total. The number of aliphatic hydroxyl groups excluding tert-OH is 1. The Labute approximate surface area is 124 Å². The number of aryl methyl sites for hydroxylation is 1. The van der Waals surface area contributed by atoms with Gasteiger partial charge in [-0.25, -0.2) is 17.7 Å². The summed E-state index contributed by atoms with van der Waals surface area (Å²) in [5.74, 6) is 0.346. The molecule has 0 aliphatic carbocycles. The number of hydrogen-bond acceptors (Lipinski definition) is 7. The predicted molar refractivity (Wildman–Crippen MR) is 80.4 cm³/mol. The van der Waals surface area contributed by atoms with Crippen LogP contribution in [0.4, 0.5) is 11.8 Å². The van der Waals surface area contributed by atoms with E-state index in [0.29, 0.717) is 18.9 Å². The van der Waals surface area contributed by atoms with Gasteiger partial charge in [0.2, 0.25) is 16.0 Å². The zero-order valence-electron chi connectivity index (χ0n) is 12.4. The van der Waals surface area contributed by atoms with Crippen molar-refractivity contribution >= 4 is 21.8 Å². The number of sulfonamides is 1. The number of aliphatic hydroxyl groups is 1. The molecule has 2 rings (SSSR count). The molecule has 0 spiro atoms. The first-order valence-corrected chi connectivity index (χ1v) is 8.24. The van der Waals surface area contributed by atoms with Gasteiger partial charge in [-0.05, 0) is 6.92 Å². The van der Waals surface area contributed by atoms with Crippen LogP contribution in [0.1, 0.15) is 5.69 Å². The summed E-state index contributed by atoms with van der Waals surface area (Å²) in [6, 6.07) is 1.77. The number of hydrogen-bond donors (Lipinski definition) is 2. The second-order valence-electron chi connectivity index (χ2n) is 5.52. The molecule has 0 radical (unpaired) electrons. The van der Waals surface area contributed by atoms with Gasteiger partial charge in [0.05, 0.1) is 11.9 Å². The maximum atomic E-state index is 11.9. The average Bonchev–Trinajstić information content (AvgIpc) is 2.69. The Balaban J connectivity index is 2.14. The third-order valence-corrected chi connectivity index (χ3v) is 5.53. The Morgan fingerprint density at radius 2 is 2.10 bits per heavy atom. The van der Waals surface area contributed by atoms with Crippen LogP contribution in [0, 0.1) is 12.8 Å². The van der Waals surface area contributed by atoms with Crippen molar-refractivity contribution in [2.24, 2.45) is 5.92 Å².